The number of hydrogen-bond donors (Lipinski definition) is 2. The van der Waals surface area contributed by atoms with Gasteiger partial charge in [0, 0.05) is 37.6 Å². The molecule has 25 heavy (non-hydrogen) atoms. The number of aromatic amines is 1. The number of nitrogens with zero attached hydrogens (tertiary/aromatic N) is 5. The third-order valence-electron chi connectivity index (χ3n) is 4.71. The first-order valence-electron chi connectivity index (χ1n) is 8.54. The molecular weight excluding hydrogens is 338 g/mol. The zero-order valence-corrected chi connectivity index (χ0v) is 14.7. The average Bonchev–Trinajstić information content (AvgIpc) is 3.16. The van der Waals surface area contributed by atoms with Gasteiger partial charge in [-0.2, -0.15) is 0 Å². The minimum Gasteiger partial charge on any atom is -0.340 e. The summed E-state index contributed by atoms with van der Waals surface area (Å²) >= 11 is 1.60. The number of thioether (sulfide) groups is 1. The number of rotatable bonds is 3. The summed E-state index contributed by atoms with van der Waals surface area (Å²) in [6, 6.07) is 0.150. The molecule has 2 aromatic heterocycles. The van der Waals surface area contributed by atoms with Crippen molar-refractivity contribution in [2.45, 2.75) is 25.3 Å². The maximum Gasteiger partial charge on any atom is 0.262 e. The molecule has 2 aliphatic rings. The molecule has 0 bridgehead atoms. The Labute approximate surface area is 149 Å². The minimum absolute atomic E-state index is 0.0831. The molecule has 1 unspecified atom stereocenters. The van der Waals surface area contributed by atoms with E-state index >= 15 is 0 Å². The lowest BCUT2D eigenvalue weighted by Crippen LogP contribution is -2.48. The SMILES string of the molecule is NCC1CCCCN1C(=O)C1=CN(c2ncnc3nc[nH]c23)CCS1. The van der Waals surface area contributed by atoms with Crippen molar-refractivity contribution in [3.8, 4) is 0 Å². The number of fused-ring (bicyclic) bond motifs is 1. The number of nitrogens with one attached hydrogen (secondary N) is 1. The number of piperidine rings is 1. The molecule has 2 aliphatic heterocycles. The zero-order valence-electron chi connectivity index (χ0n) is 13.9. The van der Waals surface area contributed by atoms with Crippen LogP contribution in [0.15, 0.2) is 23.8 Å². The highest BCUT2D eigenvalue weighted by molar-refractivity contribution is 8.04. The molecule has 1 saturated heterocycles. The van der Waals surface area contributed by atoms with Crippen LogP contribution in [-0.2, 0) is 4.79 Å². The molecule has 4 heterocycles. The Balaban J connectivity index is 1.62. The van der Waals surface area contributed by atoms with Gasteiger partial charge in [-0.05, 0) is 19.3 Å². The number of imidazole rings is 1. The summed E-state index contributed by atoms with van der Waals surface area (Å²) in [5, 5.41) is 0. The molecule has 4 rings (SSSR count). The van der Waals surface area contributed by atoms with Crippen LogP contribution in [0.25, 0.3) is 11.2 Å². The normalized spacial score (nSPS) is 21.5. The number of hydrogen-bond acceptors (Lipinski definition) is 7. The van der Waals surface area contributed by atoms with Crippen molar-refractivity contribution in [3.63, 3.8) is 0 Å². The van der Waals surface area contributed by atoms with E-state index in [2.05, 4.69) is 19.9 Å². The average molecular weight is 359 g/mol. The predicted molar refractivity (Wildman–Crippen MR) is 98.0 cm³/mol. The van der Waals surface area contributed by atoms with E-state index in [0.717, 1.165) is 54.3 Å². The fourth-order valence-electron chi connectivity index (χ4n) is 3.41. The molecule has 132 valence electrons. The van der Waals surface area contributed by atoms with E-state index in [1.165, 1.54) is 6.33 Å². The molecular formula is C16H21N7OS. The molecule has 2 aromatic rings. The molecule has 1 atom stereocenters. The standard InChI is InChI=1S/C16H21N7OS/c17-7-11-3-1-2-4-23(11)16(24)12-8-22(5-6-25-12)15-13-14(19-9-18-13)20-10-21-15/h8-11H,1-7,17H2,(H,18,19,20,21). The topological polar surface area (TPSA) is 104 Å². The minimum atomic E-state index is 0.0831. The van der Waals surface area contributed by atoms with Gasteiger partial charge in [0.2, 0.25) is 0 Å². The number of carbonyl (C=O) groups is 1. The fraction of sp³-hybridized carbons (Fsp3) is 0.500. The molecule has 3 N–H and O–H groups in total. The highest BCUT2D eigenvalue weighted by atomic mass is 32.2. The Morgan fingerprint density at radius 1 is 1.32 bits per heavy atom. The third-order valence-corrected chi connectivity index (χ3v) is 5.69. The second kappa shape index (κ2) is 7.01. The van der Waals surface area contributed by atoms with Crippen molar-refractivity contribution in [3.05, 3.63) is 23.8 Å². The molecule has 0 spiro atoms. The zero-order chi connectivity index (χ0) is 17.2. The van der Waals surface area contributed by atoms with Gasteiger partial charge in [0.25, 0.3) is 5.91 Å². The Bertz CT molecular complexity index is 805. The third kappa shape index (κ3) is 3.09. The highest BCUT2D eigenvalue weighted by Gasteiger charge is 2.30. The maximum atomic E-state index is 13.0. The van der Waals surface area contributed by atoms with Crippen LogP contribution in [0.2, 0.25) is 0 Å². The predicted octanol–water partition coefficient (Wildman–Crippen LogP) is 1.09. The Hall–Kier alpha value is -2.13. The number of H-pyrrole nitrogens is 1. The van der Waals surface area contributed by atoms with Crippen LogP contribution in [-0.4, -0.2) is 62.2 Å². The van der Waals surface area contributed by atoms with Crippen LogP contribution in [0, 0.1) is 0 Å². The second-order valence-corrected chi connectivity index (χ2v) is 7.35. The first kappa shape index (κ1) is 16.3. The monoisotopic (exact) mass is 359 g/mol. The Morgan fingerprint density at radius 3 is 3.12 bits per heavy atom. The van der Waals surface area contributed by atoms with Crippen molar-refractivity contribution >= 4 is 34.7 Å². The van der Waals surface area contributed by atoms with Crippen molar-refractivity contribution < 1.29 is 4.79 Å². The first-order chi connectivity index (χ1) is 12.3. The van der Waals surface area contributed by atoms with E-state index in [0.29, 0.717) is 12.2 Å². The van der Waals surface area contributed by atoms with Crippen molar-refractivity contribution in [1.29, 1.82) is 0 Å². The molecule has 8 nitrogen and oxygen atoms in total. The molecule has 0 aromatic carbocycles. The van der Waals surface area contributed by atoms with Crippen LogP contribution in [0.1, 0.15) is 19.3 Å². The number of aromatic nitrogens is 4. The van der Waals surface area contributed by atoms with Gasteiger partial charge in [0.15, 0.2) is 11.5 Å². The molecule has 1 amide bonds. The molecule has 0 aliphatic carbocycles. The van der Waals surface area contributed by atoms with E-state index in [9.17, 15) is 4.79 Å². The van der Waals surface area contributed by atoms with Gasteiger partial charge in [-0.15, -0.1) is 11.8 Å². The number of amides is 1. The summed E-state index contributed by atoms with van der Waals surface area (Å²) in [7, 11) is 0. The van der Waals surface area contributed by atoms with Crippen LogP contribution in [0.4, 0.5) is 5.82 Å². The van der Waals surface area contributed by atoms with E-state index in [4.69, 9.17) is 5.73 Å². The summed E-state index contributed by atoms with van der Waals surface area (Å²) in [5.41, 5.74) is 7.29. The quantitative estimate of drug-likeness (QED) is 0.845. The summed E-state index contributed by atoms with van der Waals surface area (Å²) in [5.74, 6) is 1.67. The van der Waals surface area contributed by atoms with Crippen LogP contribution >= 0.6 is 11.8 Å². The lowest BCUT2D eigenvalue weighted by Gasteiger charge is -2.36. The van der Waals surface area contributed by atoms with Gasteiger partial charge in [-0.25, -0.2) is 15.0 Å². The molecule has 9 heteroatoms. The molecule has 0 radical (unpaired) electrons. The molecule has 0 saturated carbocycles. The van der Waals surface area contributed by atoms with Crippen molar-refractivity contribution in [2.24, 2.45) is 5.73 Å². The summed E-state index contributed by atoms with van der Waals surface area (Å²) < 4.78 is 0. The van der Waals surface area contributed by atoms with Gasteiger partial charge < -0.3 is 20.5 Å². The van der Waals surface area contributed by atoms with Crippen LogP contribution < -0.4 is 10.6 Å². The largest absolute Gasteiger partial charge is 0.340 e. The maximum absolute atomic E-state index is 13.0. The highest BCUT2D eigenvalue weighted by Crippen LogP contribution is 2.30. The lowest BCUT2D eigenvalue weighted by molar-refractivity contribution is -0.129. The van der Waals surface area contributed by atoms with E-state index in [1.54, 1.807) is 18.1 Å². The summed E-state index contributed by atoms with van der Waals surface area (Å²) in [6.45, 7) is 2.10. The van der Waals surface area contributed by atoms with Crippen molar-refractivity contribution in [2.75, 3.05) is 30.3 Å². The lowest BCUT2D eigenvalue weighted by atomic mass is 10.0. The van der Waals surface area contributed by atoms with Crippen molar-refractivity contribution in [1.82, 2.24) is 24.8 Å². The van der Waals surface area contributed by atoms with Gasteiger partial charge in [-0.1, -0.05) is 0 Å². The first-order valence-corrected chi connectivity index (χ1v) is 9.53. The number of anilines is 1. The number of nitrogens with two attached hydrogens (primary N) is 1. The van der Waals surface area contributed by atoms with E-state index in [1.807, 2.05) is 16.0 Å². The van der Waals surface area contributed by atoms with Crippen LogP contribution in [0.5, 0.6) is 0 Å². The Morgan fingerprint density at radius 2 is 2.24 bits per heavy atom. The van der Waals surface area contributed by atoms with E-state index in [-0.39, 0.29) is 11.9 Å². The smallest absolute Gasteiger partial charge is 0.262 e. The number of likely N-dealkylation sites (tertiary alicyclic amines) is 1. The summed E-state index contributed by atoms with van der Waals surface area (Å²) in [6.07, 6.45) is 8.20. The van der Waals surface area contributed by atoms with Crippen LogP contribution in [0.3, 0.4) is 0 Å². The van der Waals surface area contributed by atoms with E-state index < -0.39 is 0 Å². The Kier molecular flexibility index (Phi) is 4.58. The van der Waals surface area contributed by atoms with Gasteiger partial charge >= 0.3 is 0 Å². The van der Waals surface area contributed by atoms with Gasteiger partial charge in [0.05, 0.1) is 11.2 Å². The van der Waals surface area contributed by atoms with Gasteiger partial charge in [0.1, 0.15) is 11.8 Å². The number of carbonyl (C=O) groups excluding carboxylic acids is 1. The summed E-state index contributed by atoms with van der Waals surface area (Å²) in [4.78, 5) is 33.5. The second-order valence-electron chi connectivity index (χ2n) is 6.22. The molecule has 1 fully saturated rings. The van der Waals surface area contributed by atoms with Gasteiger partial charge in [-0.3, -0.25) is 4.79 Å². The fourth-order valence-corrected chi connectivity index (χ4v) is 4.36.